The number of rotatable bonds is 5. The maximum Gasteiger partial charge on any atom is 0.412 e. The Hall–Kier alpha value is -2.64. The Morgan fingerprint density at radius 3 is 1.94 bits per heavy atom. The minimum Gasteiger partial charge on any atom is -0.358 e. The van der Waals surface area contributed by atoms with E-state index in [-0.39, 0.29) is 12.1 Å². The van der Waals surface area contributed by atoms with Crippen LogP contribution >= 0.6 is 11.6 Å². The second kappa shape index (κ2) is 8.85. The fourth-order valence-corrected chi connectivity index (χ4v) is 2.32. The zero-order valence-corrected chi connectivity index (χ0v) is 16.1. The van der Waals surface area contributed by atoms with Gasteiger partial charge in [-0.2, -0.15) is 41.4 Å². The van der Waals surface area contributed by atoms with E-state index in [1.807, 2.05) is 0 Å². The molecular weight excluding hydrogens is 469 g/mol. The van der Waals surface area contributed by atoms with Gasteiger partial charge < -0.3 is 5.32 Å². The molecule has 1 aromatic heterocycles. The lowest BCUT2D eigenvalue weighted by Crippen LogP contribution is -2.33. The molecule has 1 unspecified atom stereocenters. The molecule has 2 rings (SSSR count). The van der Waals surface area contributed by atoms with Crippen molar-refractivity contribution in [2.24, 2.45) is 10.2 Å². The highest BCUT2D eigenvalue weighted by Gasteiger charge is 2.38. The van der Waals surface area contributed by atoms with Crippen molar-refractivity contribution in [2.75, 3.05) is 5.32 Å². The van der Waals surface area contributed by atoms with E-state index in [2.05, 4.69) is 20.2 Å². The number of hydrogen-bond donors (Lipinski definition) is 1. The number of nitrogens with one attached hydrogen (secondary N) is 1. The maximum absolute atomic E-state index is 14.2. The van der Waals surface area contributed by atoms with Crippen LogP contribution in [0.4, 0.5) is 51.3 Å². The minimum absolute atomic E-state index is 0.240. The van der Waals surface area contributed by atoms with Crippen molar-refractivity contribution < 1.29 is 39.5 Å². The first-order valence-electron chi connectivity index (χ1n) is 8.14. The highest BCUT2D eigenvalue weighted by molar-refractivity contribution is 6.32. The molecule has 31 heavy (non-hydrogen) atoms. The average Bonchev–Trinajstić information content (AvgIpc) is 2.59. The summed E-state index contributed by atoms with van der Waals surface area (Å²) < 4.78 is 118. The van der Waals surface area contributed by atoms with Crippen LogP contribution in [0.25, 0.3) is 11.1 Å². The molecule has 0 aliphatic heterocycles. The van der Waals surface area contributed by atoms with Crippen LogP contribution in [-0.4, -0.2) is 34.4 Å². The summed E-state index contributed by atoms with van der Waals surface area (Å²) in [4.78, 5) is 6.88. The molecule has 5 nitrogen and oxygen atoms in total. The van der Waals surface area contributed by atoms with Gasteiger partial charge in [-0.3, -0.25) is 0 Å². The van der Waals surface area contributed by atoms with E-state index in [1.165, 1.54) is 0 Å². The van der Waals surface area contributed by atoms with Crippen LogP contribution in [-0.2, 0) is 0 Å². The summed E-state index contributed by atoms with van der Waals surface area (Å²) in [6.45, 7) is 1.26. The van der Waals surface area contributed by atoms with Gasteiger partial charge >= 0.3 is 12.4 Å². The predicted octanol–water partition coefficient (Wildman–Crippen LogP) is 6.61. The highest BCUT2D eigenvalue weighted by atomic mass is 35.5. The van der Waals surface area contributed by atoms with Crippen molar-refractivity contribution in [1.29, 1.82) is 0 Å². The molecule has 0 bridgehead atoms. The first-order chi connectivity index (χ1) is 14.1. The normalized spacial score (nSPS) is 14.7. The molecule has 0 amide bonds. The number of anilines is 1. The fourth-order valence-electron chi connectivity index (χ4n) is 2.06. The Morgan fingerprint density at radius 1 is 0.903 bits per heavy atom. The lowest BCUT2D eigenvalue weighted by molar-refractivity contribution is -0.144. The lowest BCUT2D eigenvalue weighted by atomic mass is 10.1. The summed E-state index contributed by atoms with van der Waals surface area (Å²) in [5.74, 6) is -6.22. The van der Waals surface area contributed by atoms with Crippen LogP contribution in [0, 0.1) is 17.5 Å². The zero-order valence-electron chi connectivity index (χ0n) is 15.4. The molecule has 0 spiro atoms. The van der Waals surface area contributed by atoms with Gasteiger partial charge in [0.25, 0.3) is 5.95 Å². The topological polar surface area (TPSA) is 62.5 Å². The van der Waals surface area contributed by atoms with Crippen LogP contribution in [0.3, 0.4) is 0 Å². The summed E-state index contributed by atoms with van der Waals surface area (Å²) in [6.07, 6.45) is -9.64. The molecule has 0 saturated heterocycles. The minimum atomic E-state index is -4.86. The SMILES string of the molecule is CC(N=Nc1nc(Cl)c(-c2c(F)cc(F)cc2F)c(N[C@@H](C)C(F)(F)F)n1)C(F)(F)F. The van der Waals surface area contributed by atoms with Gasteiger partial charge in [-0.05, 0) is 13.8 Å². The Balaban J connectivity index is 2.66. The molecule has 15 heteroatoms. The summed E-state index contributed by atoms with van der Waals surface area (Å²) in [5, 5.41) is 6.92. The third-order valence-electron chi connectivity index (χ3n) is 3.75. The van der Waals surface area contributed by atoms with Gasteiger partial charge in [0.1, 0.15) is 34.5 Å². The van der Waals surface area contributed by atoms with Crippen molar-refractivity contribution in [1.82, 2.24) is 9.97 Å². The highest BCUT2D eigenvalue weighted by Crippen LogP contribution is 2.39. The molecule has 1 N–H and O–H groups in total. The standard InChI is InChI=1S/C16H11ClF9N5/c1-5(15(21,22)23)27-13-11(10-8(19)3-7(18)4-9(10)20)12(17)28-14(29-13)31-30-6(2)16(24,25)26/h3-6H,1-2H3,(H,27,28,29)/t5-,6?/m0/s1. The molecule has 0 fully saturated rings. The van der Waals surface area contributed by atoms with Gasteiger partial charge in [-0.25, -0.2) is 13.2 Å². The molecule has 0 radical (unpaired) electrons. The number of azo groups is 1. The molecular formula is C16H11ClF9N5. The fraction of sp³-hybridized carbons (Fsp3) is 0.375. The maximum atomic E-state index is 14.2. The van der Waals surface area contributed by atoms with Gasteiger partial charge in [-0.1, -0.05) is 11.6 Å². The number of benzene rings is 1. The number of nitrogens with zero attached hydrogens (tertiary/aromatic N) is 4. The first-order valence-corrected chi connectivity index (χ1v) is 8.52. The molecule has 0 aliphatic carbocycles. The van der Waals surface area contributed by atoms with E-state index in [1.54, 1.807) is 5.32 Å². The Bertz CT molecular complexity index is 968. The first kappa shape index (κ1) is 24.6. The van der Waals surface area contributed by atoms with Crippen molar-refractivity contribution >= 4 is 23.4 Å². The monoisotopic (exact) mass is 479 g/mol. The summed E-state index contributed by atoms with van der Waals surface area (Å²) in [6, 6.07) is -4.18. The average molecular weight is 480 g/mol. The van der Waals surface area contributed by atoms with E-state index in [0.29, 0.717) is 13.8 Å². The molecule has 1 heterocycles. The summed E-state index contributed by atoms with van der Waals surface area (Å²) in [7, 11) is 0. The predicted molar refractivity (Wildman–Crippen MR) is 91.5 cm³/mol. The van der Waals surface area contributed by atoms with Crippen molar-refractivity contribution in [3.8, 4) is 11.1 Å². The van der Waals surface area contributed by atoms with Gasteiger partial charge in [0.05, 0.1) is 11.1 Å². The zero-order chi connectivity index (χ0) is 23.7. The van der Waals surface area contributed by atoms with E-state index in [0.717, 1.165) is 0 Å². The molecule has 0 aliphatic rings. The summed E-state index contributed by atoms with van der Waals surface area (Å²) >= 11 is 5.83. The van der Waals surface area contributed by atoms with E-state index < -0.39 is 69.9 Å². The number of alkyl halides is 6. The molecule has 170 valence electrons. The third-order valence-corrected chi connectivity index (χ3v) is 4.02. The molecule has 1 aromatic carbocycles. The third kappa shape index (κ3) is 5.95. The van der Waals surface area contributed by atoms with Crippen LogP contribution in [0.1, 0.15) is 13.8 Å². The molecule has 0 saturated carbocycles. The second-order valence-electron chi connectivity index (χ2n) is 6.12. The molecule has 2 atom stereocenters. The van der Waals surface area contributed by atoms with Crippen LogP contribution in [0.2, 0.25) is 5.15 Å². The Kier molecular flexibility index (Phi) is 7.03. The van der Waals surface area contributed by atoms with E-state index >= 15 is 0 Å². The van der Waals surface area contributed by atoms with Crippen LogP contribution in [0.5, 0.6) is 0 Å². The number of hydrogen-bond acceptors (Lipinski definition) is 5. The van der Waals surface area contributed by atoms with Crippen LogP contribution < -0.4 is 5.32 Å². The van der Waals surface area contributed by atoms with Crippen molar-refractivity contribution in [3.05, 3.63) is 34.7 Å². The van der Waals surface area contributed by atoms with Gasteiger partial charge in [0, 0.05) is 12.1 Å². The van der Waals surface area contributed by atoms with Crippen molar-refractivity contribution in [2.45, 2.75) is 38.3 Å². The van der Waals surface area contributed by atoms with Gasteiger partial charge in [-0.15, -0.1) is 5.11 Å². The van der Waals surface area contributed by atoms with Gasteiger partial charge in [0.15, 0.2) is 6.04 Å². The van der Waals surface area contributed by atoms with E-state index in [4.69, 9.17) is 11.6 Å². The van der Waals surface area contributed by atoms with Crippen LogP contribution in [0.15, 0.2) is 22.4 Å². The Labute approximate surface area is 173 Å². The summed E-state index contributed by atoms with van der Waals surface area (Å²) in [5.41, 5.74) is -1.88. The van der Waals surface area contributed by atoms with Gasteiger partial charge in [0.2, 0.25) is 0 Å². The lowest BCUT2D eigenvalue weighted by Gasteiger charge is -2.20. The quantitative estimate of drug-likeness (QED) is 0.298. The Morgan fingerprint density at radius 2 is 1.45 bits per heavy atom. The number of aromatic nitrogens is 2. The second-order valence-corrected chi connectivity index (χ2v) is 6.48. The van der Waals surface area contributed by atoms with E-state index in [9.17, 15) is 39.5 Å². The van der Waals surface area contributed by atoms with Crippen molar-refractivity contribution in [3.63, 3.8) is 0 Å². The number of halogens is 10. The molecule has 2 aromatic rings. The smallest absolute Gasteiger partial charge is 0.358 e. The largest absolute Gasteiger partial charge is 0.412 e.